The van der Waals surface area contributed by atoms with E-state index >= 15 is 0 Å². The Morgan fingerprint density at radius 2 is 2.04 bits per heavy atom. The average molecular weight is 328 g/mol. The number of aromatic nitrogens is 2. The summed E-state index contributed by atoms with van der Waals surface area (Å²) in [6.07, 6.45) is 4.46. The Hall–Kier alpha value is -2.70. The smallest absolute Gasteiger partial charge is 0.255 e. The molecule has 1 aliphatic rings. The highest BCUT2D eigenvalue weighted by atomic mass is 16.3. The van der Waals surface area contributed by atoms with Gasteiger partial charge in [-0.25, -0.2) is 0 Å². The lowest BCUT2D eigenvalue weighted by atomic mass is 10.0. The zero-order valence-corrected chi connectivity index (χ0v) is 13.8. The first-order valence-electron chi connectivity index (χ1n) is 7.98. The number of nitrogens with zero attached hydrogens (tertiary/aromatic N) is 3. The number of likely N-dealkylation sites (tertiary alicyclic amines) is 1. The predicted molar refractivity (Wildman–Crippen MR) is 86.6 cm³/mol. The molecular weight excluding hydrogens is 308 g/mol. The lowest BCUT2D eigenvalue weighted by molar-refractivity contribution is 0.0697. The van der Waals surface area contributed by atoms with E-state index in [9.17, 15) is 9.59 Å². The van der Waals surface area contributed by atoms with Crippen molar-refractivity contribution in [1.29, 1.82) is 0 Å². The van der Waals surface area contributed by atoms with Crippen LogP contribution in [0.2, 0.25) is 0 Å². The van der Waals surface area contributed by atoms with Gasteiger partial charge in [0.1, 0.15) is 5.76 Å². The zero-order chi connectivity index (χ0) is 17.1. The van der Waals surface area contributed by atoms with Crippen molar-refractivity contribution in [3.63, 3.8) is 0 Å². The summed E-state index contributed by atoms with van der Waals surface area (Å²) in [4.78, 5) is 26.5. The summed E-state index contributed by atoms with van der Waals surface area (Å²) >= 11 is 0. The molecule has 0 radical (unpaired) electrons. The zero-order valence-electron chi connectivity index (χ0n) is 13.8. The second-order valence-electron chi connectivity index (χ2n) is 6.02. The Morgan fingerprint density at radius 1 is 1.29 bits per heavy atom. The van der Waals surface area contributed by atoms with Crippen molar-refractivity contribution in [1.82, 2.24) is 20.4 Å². The van der Waals surface area contributed by atoms with E-state index in [4.69, 9.17) is 4.42 Å². The number of furan rings is 1. The molecule has 2 aromatic heterocycles. The molecule has 0 bridgehead atoms. The minimum Gasteiger partial charge on any atom is -0.469 e. The molecule has 0 spiro atoms. The fraction of sp³-hybridized carbons (Fsp3) is 0.412. The predicted octanol–water partition coefficient (Wildman–Crippen LogP) is 1.72. The minimum atomic E-state index is -0.125. The molecule has 1 N–H and O–H groups in total. The molecule has 1 aliphatic heterocycles. The van der Waals surface area contributed by atoms with E-state index in [0.29, 0.717) is 30.0 Å². The maximum atomic E-state index is 12.5. The molecule has 2 aromatic rings. The van der Waals surface area contributed by atoms with Gasteiger partial charge in [0.2, 0.25) is 0 Å². The molecule has 1 fully saturated rings. The van der Waals surface area contributed by atoms with Gasteiger partial charge in [0.05, 0.1) is 29.3 Å². The van der Waals surface area contributed by atoms with Gasteiger partial charge in [-0.05, 0) is 38.8 Å². The first kappa shape index (κ1) is 16.2. The van der Waals surface area contributed by atoms with Crippen LogP contribution in [0.25, 0.3) is 0 Å². The van der Waals surface area contributed by atoms with Gasteiger partial charge in [0.25, 0.3) is 11.8 Å². The van der Waals surface area contributed by atoms with Crippen LogP contribution in [0.5, 0.6) is 0 Å². The summed E-state index contributed by atoms with van der Waals surface area (Å²) in [6.45, 7) is 4.79. The van der Waals surface area contributed by atoms with Crippen LogP contribution < -0.4 is 5.32 Å². The van der Waals surface area contributed by atoms with Gasteiger partial charge < -0.3 is 14.6 Å². The summed E-state index contributed by atoms with van der Waals surface area (Å²) in [5.74, 6) is 0.448. The van der Waals surface area contributed by atoms with Crippen molar-refractivity contribution in [3.05, 3.63) is 47.2 Å². The number of nitrogens with one attached hydrogen (secondary N) is 1. The van der Waals surface area contributed by atoms with Crippen molar-refractivity contribution in [2.45, 2.75) is 32.7 Å². The van der Waals surface area contributed by atoms with E-state index < -0.39 is 0 Å². The number of rotatable bonds is 3. The molecule has 0 unspecified atom stereocenters. The standard InChI is InChI=1S/C17H20N4O3/c1-11-9-13(10-18-20-11)17(23)21-6-3-14(4-7-21)19-16(22)15-5-8-24-12(15)2/h5,8-10,14H,3-4,6-7H2,1-2H3,(H,19,22). The highest BCUT2D eigenvalue weighted by Gasteiger charge is 2.25. The van der Waals surface area contributed by atoms with Crippen LogP contribution in [0.3, 0.4) is 0 Å². The fourth-order valence-electron chi connectivity index (χ4n) is 2.88. The number of amides is 2. The Bertz CT molecular complexity index is 748. The van der Waals surface area contributed by atoms with Crippen molar-refractivity contribution in [2.75, 3.05) is 13.1 Å². The Balaban J connectivity index is 1.55. The van der Waals surface area contributed by atoms with Gasteiger partial charge in [-0.15, -0.1) is 0 Å². The third-order valence-corrected chi connectivity index (χ3v) is 4.24. The van der Waals surface area contributed by atoms with Crippen LogP contribution in [-0.2, 0) is 0 Å². The first-order chi connectivity index (χ1) is 11.5. The van der Waals surface area contributed by atoms with E-state index in [2.05, 4.69) is 15.5 Å². The minimum absolute atomic E-state index is 0.0385. The van der Waals surface area contributed by atoms with E-state index in [-0.39, 0.29) is 17.9 Å². The molecule has 126 valence electrons. The highest BCUT2D eigenvalue weighted by Crippen LogP contribution is 2.15. The number of hydrogen-bond acceptors (Lipinski definition) is 5. The second-order valence-corrected chi connectivity index (χ2v) is 6.02. The SMILES string of the molecule is Cc1cc(C(=O)N2CCC(NC(=O)c3ccoc3C)CC2)cnn1. The molecule has 0 atom stereocenters. The number of aryl methyl sites for hydroxylation is 2. The summed E-state index contributed by atoms with van der Waals surface area (Å²) in [7, 11) is 0. The van der Waals surface area contributed by atoms with Crippen LogP contribution in [0.15, 0.2) is 29.0 Å². The van der Waals surface area contributed by atoms with E-state index in [1.807, 2.05) is 6.92 Å². The van der Waals surface area contributed by atoms with Gasteiger partial charge in [-0.3, -0.25) is 9.59 Å². The number of piperidine rings is 1. The highest BCUT2D eigenvalue weighted by molar-refractivity contribution is 5.95. The molecule has 7 heteroatoms. The Labute approximate surface area is 140 Å². The third-order valence-electron chi connectivity index (χ3n) is 4.24. The van der Waals surface area contributed by atoms with E-state index in [1.54, 1.807) is 24.0 Å². The fourth-order valence-corrected chi connectivity index (χ4v) is 2.88. The normalized spacial score (nSPS) is 15.3. The molecule has 0 aromatic carbocycles. The largest absolute Gasteiger partial charge is 0.469 e. The molecule has 1 saturated heterocycles. The summed E-state index contributed by atoms with van der Waals surface area (Å²) in [6, 6.07) is 3.47. The van der Waals surface area contributed by atoms with Crippen molar-refractivity contribution < 1.29 is 14.0 Å². The summed E-state index contributed by atoms with van der Waals surface area (Å²) < 4.78 is 5.16. The van der Waals surface area contributed by atoms with Crippen molar-refractivity contribution in [2.24, 2.45) is 0 Å². The summed E-state index contributed by atoms with van der Waals surface area (Å²) in [5.41, 5.74) is 1.84. The molecule has 0 aliphatic carbocycles. The van der Waals surface area contributed by atoms with Gasteiger partial charge in [-0.1, -0.05) is 0 Å². The van der Waals surface area contributed by atoms with Gasteiger partial charge in [0, 0.05) is 19.1 Å². The molecule has 3 rings (SSSR count). The molecule has 7 nitrogen and oxygen atoms in total. The van der Waals surface area contributed by atoms with E-state index in [0.717, 1.165) is 18.5 Å². The molecule has 2 amide bonds. The van der Waals surface area contributed by atoms with Crippen LogP contribution in [0.4, 0.5) is 0 Å². The van der Waals surface area contributed by atoms with E-state index in [1.165, 1.54) is 12.5 Å². The van der Waals surface area contributed by atoms with Crippen LogP contribution in [0, 0.1) is 13.8 Å². The van der Waals surface area contributed by atoms with Crippen LogP contribution >= 0.6 is 0 Å². The van der Waals surface area contributed by atoms with Crippen molar-refractivity contribution >= 4 is 11.8 Å². The maximum Gasteiger partial charge on any atom is 0.255 e. The lowest BCUT2D eigenvalue weighted by Crippen LogP contribution is -2.46. The Kier molecular flexibility index (Phi) is 4.59. The number of carbonyl (C=O) groups is 2. The molecule has 3 heterocycles. The monoisotopic (exact) mass is 328 g/mol. The van der Waals surface area contributed by atoms with Crippen molar-refractivity contribution in [3.8, 4) is 0 Å². The molecular formula is C17H20N4O3. The van der Waals surface area contributed by atoms with Crippen LogP contribution in [-0.4, -0.2) is 46.0 Å². The maximum absolute atomic E-state index is 12.5. The average Bonchev–Trinajstić information content (AvgIpc) is 3.01. The van der Waals surface area contributed by atoms with Crippen LogP contribution in [0.1, 0.15) is 45.0 Å². The van der Waals surface area contributed by atoms with Gasteiger partial charge in [0.15, 0.2) is 0 Å². The summed E-state index contributed by atoms with van der Waals surface area (Å²) in [5, 5.41) is 10.7. The topological polar surface area (TPSA) is 88.3 Å². The second kappa shape index (κ2) is 6.82. The molecule has 24 heavy (non-hydrogen) atoms. The Morgan fingerprint density at radius 3 is 2.67 bits per heavy atom. The molecule has 0 saturated carbocycles. The lowest BCUT2D eigenvalue weighted by Gasteiger charge is -2.32. The quantitative estimate of drug-likeness (QED) is 0.927. The van der Waals surface area contributed by atoms with Gasteiger partial charge >= 0.3 is 0 Å². The number of carbonyl (C=O) groups excluding carboxylic acids is 2. The number of hydrogen-bond donors (Lipinski definition) is 1. The van der Waals surface area contributed by atoms with Gasteiger partial charge in [-0.2, -0.15) is 10.2 Å². The first-order valence-corrected chi connectivity index (χ1v) is 7.98. The third kappa shape index (κ3) is 3.45.